The van der Waals surface area contributed by atoms with Gasteiger partial charge >= 0.3 is 0 Å². The summed E-state index contributed by atoms with van der Waals surface area (Å²) < 4.78 is 1.85. The van der Waals surface area contributed by atoms with E-state index in [0.717, 1.165) is 24.0 Å². The van der Waals surface area contributed by atoms with Gasteiger partial charge in [-0.3, -0.25) is 9.67 Å². The number of benzene rings is 1. The third-order valence-electron chi connectivity index (χ3n) is 2.99. The van der Waals surface area contributed by atoms with Crippen molar-refractivity contribution in [3.63, 3.8) is 0 Å². The van der Waals surface area contributed by atoms with E-state index in [2.05, 4.69) is 45.0 Å². The van der Waals surface area contributed by atoms with Crippen LogP contribution in [0.1, 0.15) is 5.69 Å². The molecule has 6 heteroatoms. The zero-order chi connectivity index (χ0) is 14.9. The Kier molecular flexibility index (Phi) is 6.15. The van der Waals surface area contributed by atoms with Gasteiger partial charge in [-0.15, -0.1) is 11.8 Å². The minimum Gasteiger partial charge on any atom is -0.356 e. The molecule has 0 aliphatic carbocycles. The Hall–Kier alpha value is -1.95. The maximum atomic E-state index is 4.22. The smallest absolute Gasteiger partial charge is 0.191 e. The number of aryl methyl sites for hydroxylation is 1. The molecule has 0 aliphatic heterocycles. The molecule has 1 aromatic heterocycles. The van der Waals surface area contributed by atoms with Gasteiger partial charge in [-0.25, -0.2) is 0 Å². The molecular formula is C15H21N5S. The molecule has 21 heavy (non-hydrogen) atoms. The molecule has 0 saturated heterocycles. The van der Waals surface area contributed by atoms with Gasteiger partial charge < -0.3 is 10.6 Å². The Labute approximate surface area is 129 Å². The summed E-state index contributed by atoms with van der Waals surface area (Å²) in [6, 6.07) is 12.4. The van der Waals surface area contributed by atoms with Crippen molar-refractivity contribution < 1.29 is 0 Å². The van der Waals surface area contributed by atoms with E-state index >= 15 is 0 Å². The molecule has 1 aromatic carbocycles. The maximum Gasteiger partial charge on any atom is 0.191 e. The third-order valence-corrected chi connectivity index (χ3v) is 4.00. The molecule has 0 fully saturated rings. The van der Waals surface area contributed by atoms with Crippen LogP contribution in [0.3, 0.4) is 0 Å². The molecule has 2 N–H and O–H groups in total. The summed E-state index contributed by atoms with van der Waals surface area (Å²) >= 11 is 1.83. The third kappa shape index (κ3) is 5.15. The SMILES string of the molecule is CN=C(NCCSc1ccccc1)NCc1ccnn1C. The standard InChI is InChI=1S/C15H21N5S/c1-16-15(18-12-13-8-9-19-20(13)2)17-10-11-21-14-6-4-3-5-7-14/h3-9H,10-12H2,1-2H3,(H2,16,17,18). The van der Waals surface area contributed by atoms with E-state index in [9.17, 15) is 0 Å². The van der Waals surface area contributed by atoms with Crippen LogP contribution in [0.25, 0.3) is 0 Å². The number of aromatic nitrogens is 2. The van der Waals surface area contributed by atoms with Crippen LogP contribution in [0.5, 0.6) is 0 Å². The number of hydrogen-bond donors (Lipinski definition) is 2. The van der Waals surface area contributed by atoms with Gasteiger partial charge in [0.15, 0.2) is 5.96 Å². The van der Waals surface area contributed by atoms with Crippen LogP contribution in [-0.2, 0) is 13.6 Å². The second-order valence-corrected chi connectivity index (χ2v) is 5.63. The van der Waals surface area contributed by atoms with Crippen LogP contribution in [0.15, 0.2) is 52.5 Å². The predicted molar refractivity (Wildman–Crippen MR) is 88.6 cm³/mol. The van der Waals surface area contributed by atoms with Gasteiger partial charge in [-0.2, -0.15) is 5.10 Å². The minimum absolute atomic E-state index is 0.710. The molecule has 1 heterocycles. The number of nitrogens with zero attached hydrogens (tertiary/aromatic N) is 3. The number of guanidine groups is 1. The van der Waals surface area contributed by atoms with Crippen molar-refractivity contribution in [2.75, 3.05) is 19.3 Å². The lowest BCUT2D eigenvalue weighted by molar-refractivity contribution is 0.686. The Bertz CT molecular complexity index is 564. The van der Waals surface area contributed by atoms with Crippen molar-refractivity contribution >= 4 is 17.7 Å². The molecule has 112 valence electrons. The van der Waals surface area contributed by atoms with Gasteiger partial charge in [0, 0.05) is 37.5 Å². The summed E-state index contributed by atoms with van der Waals surface area (Å²) in [6.45, 7) is 1.58. The average molecular weight is 303 g/mol. The van der Waals surface area contributed by atoms with E-state index in [1.54, 1.807) is 13.2 Å². The van der Waals surface area contributed by atoms with Gasteiger partial charge in [0.25, 0.3) is 0 Å². The number of rotatable bonds is 6. The van der Waals surface area contributed by atoms with E-state index in [0.29, 0.717) is 6.54 Å². The van der Waals surface area contributed by atoms with Gasteiger partial charge in [-0.1, -0.05) is 18.2 Å². The van der Waals surface area contributed by atoms with Crippen LogP contribution in [0.4, 0.5) is 0 Å². The van der Waals surface area contributed by atoms with E-state index in [-0.39, 0.29) is 0 Å². The summed E-state index contributed by atoms with van der Waals surface area (Å²) in [7, 11) is 3.71. The molecular weight excluding hydrogens is 282 g/mol. The Morgan fingerprint density at radius 2 is 2.05 bits per heavy atom. The Balaban J connectivity index is 1.67. The normalized spacial score (nSPS) is 11.4. The highest BCUT2D eigenvalue weighted by atomic mass is 32.2. The highest BCUT2D eigenvalue weighted by Crippen LogP contribution is 2.15. The van der Waals surface area contributed by atoms with E-state index in [1.165, 1.54) is 4.90 Å². The molecule has 0 radical (unpaired) electrons. The van der Waals surface area contributed by atoms with Crippen molar-refractivity contribution in [2.24, 2.45) is 12.0 Å². The zero-order valence-electron chi connectivity index (χ0n) is 12.4. The van der Waals surface area contributed by atoms with Gasteiger partial charge in [0.1, 0.15) is 0 Å². The van der Waals surface area contributed by atoms with Gasteiger partial charge in [-0.05, 0) is 18.2 Å². The fourth-order valence-corrected chi connectivity index (χ4v) is 2.61. The summed E-state index contributed by atoms with van der Waals surface area (Å²) in [6.07, 6.45) is 1.80. The molecule has 0 saturated carbocycles. The number of hydrogen-bond acceptors (Lipinski definition) is 3. The first kappa shape index (κ1) is 15.4. The largest absolute Gasteiger partial charge is 0.356 e. The van der Waals surface area contributed by atoms with Crippen molar-refractivity contribution in [2.45, 2.75) is 11.4 Å². The average Bonchev–Trinajstić information content (AvgIpc) is 2.93. The lowest BCUT2D eigenvalue weighted by Gasteiger charge is -2.11. The molecule has 2 aromatic rings. The van der Waals surface area contributed by atoms with Gasteiger partial charge in [0.2, 0.25) is 0 Å². The number of aliphatic imine (C=N–C) groups is 1. The molecule has 5 nitrogen and oxygen atoms in total. The minimum atomic E-state index is 0.710. The van der Waals surface area contributed by atoms with Crippen LogP contribution in [-0.4, -0.2) is 35.1 Å². The van der Waals surface area contributed by atoms with Crippen molar-refractivity contribution in [3.8, 4) is 0 Å². The lowest BCUT2D eigenvalue weighted by Crippen LogP contribution is -2.38. The topological polar surface area (TPSA) is 54.2 Å². The molecule has 0 spiro atoms. The van der Waals surface area contributed by atoms with Crippen LogP contribution >= 0.6 is 11.8 Å². The maximum absolute atomic E-state index is 4.22. The monoisotopic (exact) mass is 303 g/mol. The molecule has 0 atom stereocenters. The highest BCUT2D eigenvalue weighted by Gasteiger charge is 2.01. The zero-order valence-corrected chi connectivity index (χ0v) is 13.2. The Morgan fingerprint density at radius 3 is 2.71 bits per heavy atom. The quantitative estimate of drug-likeness (QED) is 0.370. The number of nitrogens with one attached hydrogen (secondary N) is 2. The lowest BCUT2D eigenvalue weighted by atomic mass is 10.4. The molecule has 0 aliphatic rings. The fraction of sp³-hybridized carbons (Fsp3) is 0.333. The van der Waals surface area contributed by atoms with Crippen LogP contribution in [0.2, 0.25) is 0 Å². The summed E-state index contributed by atoms with van der Waals surface area (Å²) in [5.41, 5.74) is 1.12. The first-order valence-corrected chi connectivity index (χ1v) is 7.87. The highest BCUT2D eigenvalue weighted by molar-refractivity contribution is 7.99. The second kappa shape index (κ2) is 8.36. The molecule has 0 amide bonds. The van der Waals surface area contributed by atoms with Crippen LogP contribution in [0, 0.1) is 0 Å². The van der Waals surface area contributed by atoms with E-state index in [1.807, 2.05) is 35.6 Å². The summed E-state index contributed by atoms with van der Waals surface area (Å²) in [4.78, 5) is 5.51. The molecule has 2 rings (SSSR count). The van der Waals surface area contributed by atoms with E-state index in [4.69, 9.17) is 0 Å². The fourth-order valence-electron chi connectivity index (χ4n) is 1.82. The predicted octanol–water partition coefficient (Wildman–Crippen LogP) is 1.88. The van der Waals surface area contributed by atoms with Gasteiger partial charge in [0.05, 0.1) is 12.2 Å². The van der Waals surface area contributed by atoms with Crippen molar-refractivity contribution in [3.05, 3.63) is 48.3 Å². The summed E-state index contributed by atoms with van der Waals surface area (Å²) in [5.74, 6) is 1.81. The Morgan fingerprint density at radius 1 is 1.24 bits per heavy atom. The van der Waals surface area contributed by atoms with Crippen LogP contribution < -0.4 is 10.6 Å². The molecule has 0 unspecified atom stereocenters. The summed E-state index contributed by atoms with van der Waals surface area (Å²) in [5, 5.41) is 10.7. The second-order valence-electron chi connectivity index (χ2n) is 4.46. The first-order valence-electron chi connectivity index (χ1n) is 6.89. The number of thioether (sulfide) groups is 1. The molecule has 0 bridgehead atoms. The first-order chi connectivity index (χ1) is 10.3. The van der Waals surface area contributed by atoms with E-state index < -0.39 is 0 Å². The van der Waals surface area contributed by atoms with Crippen molar-refractivity contribution in [1.82, 2.24) is 20.4 Å². The van der Waals surface area contributed by atoms with Crippen molar-refractivity contribution in [1.29, 1.82) is 0 Å².